The molecule has 2 aromatic carbocycles. The van der Waals surface area contributed by atoms with Crippen molar-refractivity contribution in [2.75, 3.05) is 0 Å². The third kappa shape index (κ3) is 3.14. The van der Waals surface area contributed by atoms with Crippen LogP contribution in [0.25, 0.3) is 10.9 Å². The second-order valence-corrected chi connectivity index (χ2v) is 4.74. The van der Waals surface area contributed by atoms with Gasteiger partial charge in [0.15, 0.2) is 0 Å². The molecule has 5 heteroatoms. The molecule has 0 bridgehead atoms. The van der Waals surface area contributed by atoms with Crippen LogP contribution in [0.2, 0.25) is 0 Å². The first-order chi connectivity index (χ1) is 10.5. The number of para-hydroxylation sites is 1. The van der Waals surface area contributed by atoms with Crippen LogP contribution < -0.4 is 0 Å². The van der Waals surface area contributed by atoms with E-state index in [4.69, 9.17) is 0 Å². The Morgan fingerprint density at radius 1 is 0.909 bits per heavy atom. The van der Waals surface area contributed by atoms with Gasteiger partial charge in [-0.15, -0.1) is 0 Å². The summed E-state index contributed by atoms with van der Waals surface area (Å²) in [5.41, 5.74) is 0.935. The maximum Gasteiger partial charge on any atom is 0.416 e. The third-order valence-electron chi connectivity index (χ3n) is 3.14. The van der Waals surface area contributed by atoms with Crippen LogP contribution in [0.4, 0.5) is 18.9 Å². The molecule has 3 aromatic rings. The number of hydrogen-bond donors (Lipinski definition) is 0. The Balaban J connectivity index is 1.89. The van der Waals surface area contributed by atoms with Crippen molar-refractivity contribution >= 4 is 22.8 Å². The van der Waals surface area contributed by atoms with Crippen molar-refractivity contribution in [3.63, 3.8) is 0 Å². The number of fused-ring (bicyclic) bond motifs is 1. The first kappa shape index (κ1) is 14.3. The van der Waals surface area contributed by atoms with Crippen molar-refractivity contribution in [1.29, 1.82) is 0 Å². The highest BCUT2D eigenvalue weighted by molar-refractivity contribution is 5.86. The smallest absolute Gasteiger partial charge is 0.255 e. The van der Waals surface area contributed by atoms with E-state index in [0.29, 0.717) is 5.69 Å². The summed E-state index contributed by atoms with van der Waals surface area (Å²) in [5, 5.41) is 0.999. The van der Waals surface area contributed by atoms with E-state index in [1.165, 1.54) is 18.3 Å². The molecular weight excluding hydrogens is 289 g/mol. The molecule has 0 aliphatic heterocycles. The van der Waals surface area contributed by atoms with Crippen LogP contribution in [0.5, 0.6) is 0 Å². The molecule has 0 spiro atoms. The molecule has 0 aliphatic rings. The molecule has 0 saturated heterocycles. The van der Waals surface area contributed by atoms with Gasteiger partial charge in [0, 0.05) is 5.39 Å². The van der Waals surface area contributed by atoms with Crippen molar-refractivity contribution in [3.8, 4) is 0 Å². The molecule has 0 atom stereocenters. The fourth-order valence-electron chi connectivity index (χ4n) is 2.06. The van der Waals surface area contributed by atoms with Gasteiger partial charge in [-0.2, -0.15) is 13.2 Å². The van der Waals surface area contributed by atoms with E-state index in [0.717, 1.165) is 23.0 Å². The molecule has 110 valence electrons. The minimum absolute atomic E-state index is 0.241. The van der Waals surface area contributed by atoms with Gasteiger partial charge in [0.1, 0.15) is 0 Å². The number of benzene rings is 2. The van der Waals surface area contributed by atoms with Crippen molar-refractivity contribution in [1.82, 2.24) is 4.98 Å². The Bertz CT molecular complexity index is 838. The highest BCUT2D eigenvalue weighted by atomic mass is 19.4. The molecule has 0 aliphatic carbocycles. The zero-order valence-electron chi connectivity index (χ0n) is 11.4. The summed E-state index contributed by atoms with van der Waals surface area (Å²) < 4.78 is 37.9. The number of aromatic nitrogens is 1. The molecule has 0 unspecified atom stereocenters. The summed E-state index contributed by atoms with van der Waals surface area (Å²) in [4.78, 5) is 8.46. The molecule has 0 radical (unpaired) electrons. The largest absolute Gasteiger partial charge is 0.416 e. The predicted molar refractivity (Wildman–Crippen MR) is 80.4 cm³/mol. The summed E-state index contributed by atoms with van der Waals surface area (Å²) in [6.45, 7) is 0. The molecule has 0 fully saturated rings. The van der Waals surface area contributed by atoms with Crippen molar-refractivity contribution in [2.24, 2.45) is 4.99 Å². The predicted octanol–water partition coefficient (Wildman–Crippen LogP) is 5.00. The van der Waals surface area contributed by atoms with Crippen LogP contribution in [0.15, 0.2) is 65.7 Å². The zero-order chi connectivity index (χ0) is 15.6. The van der Waals surface area contributed by atoms with E-state index in [1.54, 1.807) is 6.07 Å². The lowest BCUT2D eigenvalue weighted by atomic mass is 10.2. The van der Waals surface area contributed by atoms with Gasteiger partial charge >= 0.3 is 6.18 Å². The van der Waals surface area contributed by atoms with Crippen LogP contribution in [0.1, 0.15) is 11.3 Å². The second-order valence-electron chi connectivity index (χ2n) is 4.74. The lowest BCUT2D eigenvalue weighted by molar-refractivity contribution is -0.137. The maximum absolute atomic E-state index is 12.6. The number of halogens is 3. The minimum atomic E-state index is -4.37. The Kier molecular flexibility index (Phi) is 3.63. The summed E-state index contributed by atoms with van der Waals surface area (Å²) in [6.07, 6.45) is -2.91. The topological polar surface area (TPSA) is 25.2 Å². The summed E-state index contributed by atoms with van der Waals surface area (Å²) >= 11 is 0. The number of rotatable bonds is 2. The van der Waals surface area contributed by atoms with Crippen molar-refractivity contribution in [3.05, 3.63) is 71.9 Å². The number of alkyl halides is 3. The Morgan fingerprint density at radius 2 is 1.73 bits per heavy atom. The number of hydrogen-bond acceptors (Lipinski definition) is 2. The van der Waals surface area contributed by atoms with E-state index in [2.05, 4.69) is 9.98 Å². The number of pyridine rings is 1. The first-order valence-electron chi connectivity index (χ1n) is 6.59. The van der Waals surface area contributed by atoms with E-state index in [1.807, 2.05) is 30.3 Å². The molecule has 2 nitrogen and oxygen atoms in total. The third-order valence-corrected chi connectivity index (χ3v) is 3.14. The average molecular weight is 300 g/mol. The van der Waals surface area contributed by atoms with E-state index in [9.17, 15) is 13.2 Å². The molecule has 0 N–H and O–H groups in total. The normalized spacial score (nSPS) is 12.1. The fourth-order valence-corrected chi connectivity index (χ4v) is 2.06. The Labute approximate surface area is 125 Å². The van der Waals surface area contributed by atoms with Crippen LogP contribution in [0.3, 0.4) is 0 Å². The SMILES string of the molecule is FC(F)(F)c1cccc(N=Cc2ccc3ccccc3n2)c1. The van der Waals surface area contributed by atoms with Gasteiger partial charge < -0.3 is 0 Å². The van der Waals surface area contributed by atoms with Crippen molar-refractivity contribution in [2.45, 2.75) is 6.18 Å². The molecule has 1 heterocycles. The van der Waals surface area contributed by atoms with Gasteiger partial charge in [0.25, 0.3) is 0 Å². The van der Waals surface area contributed by atoms with Gasteiger partial charge in [-0.05, 0) is 30.3 Å². The van der Waals surface area contributed by atoms with Gasteiger partial charge in [-0.1, -0.05) is 30.3 Å². The van der Waals surface area contributed by atoms with Crippen LogP contribution in [0, 0.1) is 0 Å². The van der Waals surface area contributed by atoms with Crippen molar-refractivity contribution < 1.29 is 13.2 Å². The van der Waals surface area contributed by atoms with E-state index in [-0.39, 0.29) is 5.69 Å². The second kappa shape index (κ2) is 5.60. The lowest BCUT2D eigenvalue weighted by Gasteiger charge is -2.06. The van der Waals surface area contributed by atoms with Crippen LogP contribution in [-0.4, -0.2) is 11.2 Å². The Hall–Kier alpha value is -2.69. The Morgan fingerprint density at radius 3 is 2.55 bits per heavy atom. The minimum Gasteiger partial charge on any atom is -0.255 e. The molecular formula is C17H11F3N2. The quantitative estimate of drug-likeness (QED) is 0.611. The highest BCUT2D eigenvalue weighted by Crippen LogP contribution is 2.31. The molecule has 0 saturated carbocycles. The summed E-state index contributed by atoms with van der Waals surface area (Å²) in [6, 6.07) is 16.2. The zero-order valence-corrected chi connectivity index (χ0v) is 11.4. The van der Waals surface area contributed by atoms with Gasteiger partial charge in [0.05, 0.1) is 28.7 Å². The summed E-state index contributed by atoms with van der Waals surface area (Å²) in [5.74, 6) is 0. The number of aliphatic imine (C=N–C) groups is 1. The van der Waals surface area contributed by atoms with E-state index < -0.39 is 11.7 Å². The molecule has 0 amide bonds. The number of nitrogens with zero attached hydrogens (tertiary/aromatic N) is 2. The molecule has 1 aromatic heterocycles. The van der Waals surface area contributed by atoms with Crippen LogP contribution in [-0.2, 0) is 6.18 Å². The highest BCUT2D eigenvalue weighted by Gasteiger charge is 2.30. The fraction of sp³-hybridized carbons (Fsp3) is 0.0588. The molecule has 3 rings (SSSR count). The average Bonchev–Trinajstić information content (AvgIpc) is 2.52. The monoisotopic (exact) mass is 300 g/mol. The lowest BCUT2D eigenvalue weighted by Crippen LogP contribution is -2.03. The standard InChI is InChI=1S/C17H11F3N2/c18-17(19,20)13-5-3-6-14(10-13)21-11-15-9-8-12-4-1-2-7-16(12)22-15/h1-11H. The van der Waals surface area contributed by atoms with Gasteiger partial charge in [-0.3, -0.25) is 4.99 Å². The van der Waals surface area contributed by atoms with Gasteiger partial charge in [0.2, 0.25) is 0 Å². The maximum atomic E-state index is 12.6. The van der Waals surface area contributed by atoms with Gasteiger partial charge in [-0.25, -0.2) is 4.98 Å². The van der Waals surface area contributed by atoms with E-state index >= 15 is 0 Å². The summed E-state index contributed by atoms with van der Waals surface area (Å²) in [7, 11) is 0. The first-order valence-corrected chi connectivity index (χ1v) is 6.59. The van der Waals surface area contributed by atoms with Crippen LogP contribution >= 0.6 is 0 Å². The molecule has 22 heavy (non-hydrogen) atoms.